The van der Waals surface area contributed by atoms with E-state index in [-0.39, 0.29) is 5.91 Å². The summed E-state index contributed by atoms with van der Waals surface area (Å²) >= 11 is 0. The Hall–Kier alpha value is -1.35. The molecule has 3 heteroatoms. The van der Waals surface area contributed by atoms with Crippen molar-refractivity contribution in [3.8, 4) is 0 Å². The lowest BCUT2D eigenvalue weighted by atomic mass is 10.2. The standard InChI is InChI=1S/C14H20N2O/c1-12(17)15(2)14-8-9-16(11-14)10-13-6-4-3-5-7-13/h3-7,14H,8-11H2,1-2H3. The van der Waals surface area contributed by atoms with Crippen LogP contribution >= 0.6 is 0 Å². The zero-order valence-corrected chi connectivity index (χ0v) is 10.6. The Kier molecular flexibility index (Phi) is 3.79. The van der Waals surface area contributed by atoms with Crippen LogP contribution in [0.5, 0.6) is 0 Å². The Morgan fingerprint density at radius 1 is 1.41 bits per heavy atom. The van der Waals surface area contributed by atoms with Crippen LogP contribution in [0, 0.1) is 0 Å². The van der Waals surface area contributed by atoms with Crippen LogP contribution < -0.4 is 0 Å². The van der Waals surface area contributed by atoms with Gasteiger partial charge in [0.1, 0.15) is 0 Å². The molecule has 1 aromatic rings. The van der Waals surface area contributed by atoms with Crippen molar-refractivity contribution in [2.24, 2.45) is 0 Å². The van der Waals surface area contributed by atoms with Crippen LogP contribution in [0.4, 0.5) is 0 Å². The van der Waals surface area contributed by atoms with Gasteiger partial charge in [-0.05, 0) is 12.0 Å². The third-order valence-corrected chi connectivity index (χ3v) is 3.54. The minimum absolute atomic E-state index is 0.163. The molecule has 0 spiro atoms. The summed E-state index contributed by atoms with van der Waals surface area (Å²) < 4.78 is 0. The third-order valence-electron chi connectivity index (χ3n) is 3.54. The van der Waals surface area contributed by atoms with Gasteiger partial charge in [-0.15, -0.1) is 0 Å². The van der Waals surface area contributed by atoms with Gasteiger partial charge in [0.2, 0.25) is 5.91 Å². The number of likely N-dealkylation sites (N-methyl/N-ethyl adjacent to an activating group) is 1. The summed E-state index contributed by atoms with van der Waals surface area (Å²) in [4.78, 5) is 15.6. The fourth-order valence-corrected chi connectivity index (χ4v) is 2.37. The van der Waals surface area contributed by atoms with Crippen LogP contribution in [0.15, 0.2) is 30.3 Å². The molecule has 1 atom stereocenters. The van der Waals surface area contributed by atoms with Gasteiger partial charge in [-0.2, -0.15) is 0 Å². The molecule has 1 aliphatic rings. The van der Waals surface area contributed by atoms with E-state index in [0.29, 0.717) is 6.04 Å². The summed E-state index contributed by atoms with van der Waals surface area (Å²) in [7, 11) is 1.90. The van der Waals surface area contributed by atoms with Crippen molar-refractivity contribution < 1.29 is 4.79 Å². The monoisotopic (exact) mass is 232 g/mol. The second-order valence-corrected chi connectivity index (χ2v) is 4.79. The maximum absolute atomic E-state index is 11.3. The van der Waals surface area contributed by atoms with E-state index in [1.165, 1.54) is 5.56 Å². The van der Waals surface area contributed by atoms with E-state index in [0.717, 1.165) is 26.1 Å². The maximum atomic E-state index is 11.3. The topological polar surface area (TPSA) is 23.6 Å². The molecule has 0 N–H and O–H groups in total. The number of rotatable bonds is 3. The van der Waals surface area contributed by atoms with Gasteiger partial charge in [-0.1, -0.05) is 30.3 Å². The molecule has 1 fully saturated rings. The van der Waals surface area contributed by atoms with Crippen molar-refractivity contribution in [1.82, 2.24) is 9.80 Å². The molecule has 1 amide bonds. The number of carbonyl (C=O) groups excluding carboxylic acids is 1. The summed E-state index contributed by atoms with van der Waals surface area (Å²) in [5.41, 5.74) is 1.35. The first-order valence-electron chi connectivity index (χ1n) is 6.16. The number of hydrogen-bond donors (Lipinski definition) is 0. The van der Waals surface area contributed by atoms with Crippen molar-refractivity contribution in [2.75, 3.05) is 20.1 Å². The highest BCUT2D eigenvalue weighted by atomic mass is 16.2. The van der Waals surface area contributed by atoms with Gasteiger partial charge in [-0.25, -0.2) is 0 Å². The van der Waals surface area contributed by atoms with Crippen molar-refractivity contribution in [2.45, 2.75) is 25.9 Å². The van der Waals surface area contributed by atoms with Gasteiger partial charge in [0.05, 0.1) is 0 Å². The number of carbonyl (C=O) groups is 1. The molecule has 2 rings (SSSR count). The quantitative estimate of drug-likeness (QED) is 0.792. The number of likely N-dealkylation sites (tertiary alicyclic amines) is 1. The maximum Gasteiger partial charge on any atom is 0.219 e. The lowest BCUT2D eigenvalue weighted by Gasteiger charge is -2.23. The molecule has 1 aromatic carbocycles. The molecule has 0 saturated carbocycles. The van der Waals surface area contributed by atoms with Gasteiger partial charge < -0.3 is 4.90 Å². The molecule has 1 heterocycles. The second-order valence-electron chi connectivity index (χ2n) is 4.79. The molecular formula is C14H20N2O. The van der Waals surface area contributed by atoms with E-state index in [1.807, 2.05) is 18.0 Å². The van der Waals surface area contributed by atoms with Crippen LogP contribution in [-0.4, -0.2) is 41.9 Å². The first-order valence-corrected chi connectivity index (χ1v) is 6.16. The minimum atomic E-state index is 0.163. The molecule has 0 bridgehead atoms. The molecule has 1 saturated heterocycles. The van der Waals surface area contributed by atoms with Crippen LogP contribution in [0.2, 0.25) is 0 Å². The molecule has 0 aromatic heterocycles. The number of hydrogen-bond acceptors (Lipinski definition) is 2. The Balaban J connectivity index is 1.88. The van der Waals surface area contributed by atoms with E-state index in [9.17, 15) is 4.79 Å². The molecule has 1 aliphatic heterocycles. The molecule has 92 valence electrons. The molecule has 0 aliphatic carbocycles. The minimum Gasteiger partial charge on any atom is -0.342 e. The summed E-state index contributed by atoms with van der Waals surface area (Å²) in [6, 6.07) is 10.9. The number of benzene rings is 1. The summed E-state index contributed by atoms with van der Waals surface area (Å²) in [6.07, 6.45) is 1.09. The smallest absolute Gasteiger partial charge is 0.219 e. The highest BCUT2D eigenvalue weighted by Crippen LogP contribution is 2.17. The molecule has 0 radical (unpaired) electrons. The lowest BCUT2D eigenvalue weighted by molar-refractivity contribution is -0.129. The van der Waals surface area contributed by atoms with Crippen molar-refractivity contribution >= 4 is 5.91 Å². The average Bonchev–Trinajstić information content (AvgIpc) is 2.77. The highest BCUT2D eigenvalue weighted by Gasteiger charge is 2.26. The summed E-state index contributed by atoms with van der Waals surface area (Å²) in [5, 5.41) is 0. The first-order chi connectivity index (χ1) is 8.16. The van der Waals surface area contributed by atoms with Gasteiger partial charge >= 0.3 is 0 Å². The predicted octanol–water partition coefficient (Wildman–Crippen LogP) is 1.74. The van der Waals surface area contributed by atoms with Crippen LogP contribution in [0.25, 0.3) is 0 Å². The molecule has 1 unspecified atom stereocenters. The van der Waals surface area contributed by atoms with Crippen LogP contribution in [0.3, 0.4) is 0 Å². The Morgan fingerprint density at radius 3 is 2.76 bits per heavy atom. The van der Waals surface area contributed by atoms with Crippen molar-refractivity contribution in [1.29, 1.82) is 0 Å². The Bertz CT molecular complexity index is 377. The molecular weight excluding hydrogens is 212 g/mol. The number of amides is 1. The zero-order chi connectivity index (χ0) is 12.3. The van der Waals surface area contributed by atoms with E-state index in [2.05, 4.69) is 29.2 Å². The Labute approximate surface area is 103 Å². The molecule has 3 nitrogen and oxygen atoms in total. The van der Waals surface area contributed by atoms with Crippen molar-refractivity contribution in [3.05, 3.63) is 35.9 Å². The van der Waals surface area contributed by atoms with E-state index in [1.54, 1.807) is 6.92 Å². The average molecular weight is 232 g/mol. The fourth-order valence-electron chi connectivity index (χ4n) is 2.37. The molecule has 17 heavy (non-hydrogen) atoms. The largest absolute Gasteiger partial charge is 0.342 e. The third kappa shape index (κ3) is 3.07. The summed E-state index contributed by atoms with van der Waals surface area (Å²) in [6.45, 7) is 4.70. The first kappa shape index (κ1) is 12.1. The SMILES string of the molecule is CC(=O)N(C)C1CCN(Cc2ccccc2)C1. The van der Waals surface area contributed by atoms with Gasteiger partial charge in [0, 0.05) is 39.6 Å². The lowest BCUT2D eigenvalue weighted by Crippen LogP contribution is -2.37. The van der Waals surface area contributed by atoms with Gasteiger partial charge in [0.15, 0.2) is 0 Å². The van der Waals surface area contributed by atoms with Gasteiger partial charge in [0.25, 0.3) is 0 Å². The van der Waals surface area contributed by atoms with E-state index in [4.69, 9.17) is 0 Å². The van der Waals surface area contributed by atoms with Gasteiger partial charge in [-0.3, -0.25) is 9.69 Å². The summed E-state index contributed by atoms with van der Waals surface area (Å²) in [5.74, 6) is 0.163. The normalized spacial score (nSPS) is 20.5. The van der Waals surface area contributed by atoms with Crippen LogP contribution in [0.1, 0.15) is 18.9 Å². The number of nitrogens with zero attached hydrogens (tertiary/aromatic N) is 2. The van der Waals surface area contributed by atoms with Crippen molar-refractivity contribution in [3.63, 3.8) is 0 Å². The predicted molar refractivity (Wildman–Crippen MR) is 68.6 cm³/mol. The zero-order valence-electron chi connectivity index (χ0n) is 10.6. The van der Waals surface area contributed by atoms with Crippen LogP contribution in [-0.2, 0) is 11.3 Å². The van der Waals surface area contributed by atoms with E-state index < -0.39 is 0 Å². The second kappa shape index (κ2) is 5.32. The highest BCUT2D eigenvalue weighted by molar-refractivity contribution is 5.73. The van der Waals surface area contributed by atoms with E-state index >= 15 is 0 Å². The fraction of sp³-hybridized carbons (Fsp3) is 0.500. The Morgan fingerprint density at radius 2 is 2.12 bits per heavy atom.